The van der Waals surface area contributed by atoms with Gasteiger partial charge in [-0.3, -0.25) is 4.90 Å². The molecule has 0 saturated heterocycles. The highest BCUT2D eigenvalue weighted by atomic mass is 16.5. The van der Waals surface area contributed by atoms with Crippen LogP contribution in [0.5, 0.6) is 23.0 Å². The SMILES string of the molecule is CCOc1cc2c(cc1OCC)-c1c(OCC)c(OCC)cc3c1C(C2)N(C)CC3O. The van der Waals surface area contributed by atoms with Gasteiger partial charge in [0.15, 0.2) is 23.0 Å². The normalized spacial score (nSPS) is 19.4. The molecule has 4 rings (SSSR count). The quantitative estimate of drug-likeness (QED) is 0.668. The van der Waals surface area contributed by atoms with Crippen molar-refractivity contribution >= 4 is 0 Å². The van der Waals surface area contributed by atoms with Gasteiger partial charge in [0.2, 0.25) is 0 Å². The van der Waals surface area contributed by atoms with Crippen LogP contribution in [0, 0.1) is 0 Å². The summed E-state index contributed by atoms with van der Waals surface area (Å²) in [7, 11) is 2.07. The van der Waals surface area contributed by atoms with E-state index in [4.69, 9.17) is 18.9 Å². The molecule has 168 valence electrons. The summed E-state index contributed by atoms with van der Waals surface area (Å²) in [6, 6.07) is 6.30. The Morgan fingerprint density at radius 1 is 0.871 bits per heavy atom. The highest BCUT2D eigenvalue weighted by molar-refractivity contribution is 5.85. The molecule has 0 amide bonds. The number of hydrogen-bond donors (Lipinski definition) is 1. The van der Waals surface area contributed by atoms with E-state index in [-0.39, 0.29) is 6.04 Å². The van der Waals surface area contributed by atoms with Crippen LogP contribution in [-0.2, 0) is 6.42 Å². The maximum absolute atomic E-state index is 10.9. The van der Waals surface area contributed by atoms with Crippen molar-refractivity contribution in [2.45, 2.75) is 46.3 Å². The molecule has 6 heteroatoms. The molecule has 31 heavy (non-hydrogen) atoms. The van der Waals surface area contributed by atoms with E-state index in [2.05, 4.69) is 24.1 Å². The summed E-state index contributed by atoms with van der Waals surface area (Å²) < 4.78 is 24.0. The highest BCUT2D eigenvalue weighted by Crippen LogP contribution is 2.55. The molecule has 0 spiro atoms. The van der Waals surface area contributed by atoms with Gasteiger partial charge in [0.25, 0.3) is 0 Å². The second-order valence-corrected chi connectivity index (χ2v) is 7.95. The molecule has 6 nitrogen and oxygen atoms in total. The number of likely N-dealkylation sites (N-methyl/N-ethyl adjacent to an activating group) is 1. The Bertz CT molecular complexity index is 958. The first-order valence-electron chi connectivity index (χ1n) is 11.3. The predicted octanol–water partition coefficient (Wildman–Crippen LogP) is 4.52. The van der Waals surface area contributed by atoms with E-state index >= 15 is 0 Å². The third-order valence-electron chi connectivity index (χ3n) is 6.04. The lowest BCUT2D eigenvalue weighted by atomic mass is 9.75. The van der Waals surface area contributed by atoms with Gasteiger partial charge in [0.1, 0.15) is 0 Å². The number of aliphatic hydroxyl groups excluding tert-OH is 1. The summed E-state index contributed by atoms with van der Waals surface area (Å²) in [4.78, 5) is 2.23. The van der Waals surface area contributed by atoms with E-state index < -0.39 is 6.10 Å². The summed E-state index contributed by atoms with van der Waals surface area (Å²) in [6.07, 6.45) is 0.269. The van der Waals surface area contributed by atoms with Crippen LogP contribution < -0.4 is 18.9 Å². The minimum absolute atomic E-state index is 0.156. The summed E-state index contributed by atoms with van der Waals surface area (Å²) >= 11 is 0. The Kier molecular flexibility index (Phi) is 6.30. The number of β-amino-alcohol motifs (C(OH)–C–C–N with tert-alkyl or cyclic N) is 1. The molecule has 0 radical (unpaired) electrons. The average Bonchev–Trinajstić information content (AvgIpc) is 2.74. The molecule has 0 aromatic heterocycles. The van der Waals surface area contributed by atoms with Crippen molar-refractivity contribution in [3.8, 4) is 34.1 Å². The molecule has 1 aliphatic heterocycles. The third-order valence-corrected chi connectivity index (χ3v) is 6.04. The van der Waals surface area contributed by atoms with Crippen LogP contribution in [-0.4, -0.2) is 50.0 Å². The van der Waals surface area contributed by atoms with E-state index in [1.54, 1.807) is 0 Å². The van der Waals surface area contributed by atoms with Crippen LogP contribution in [0.15, 0.2) is 18.2 Å². The lowest BCUT2D eigenvalue weighted by molar-refractivity contribution is 0.0826. The number of ether oxygens (including phenoxy) is 4. The average molecular weight is 428 g/mol. The second kappa shape index (κ2) is 8.97. The summed E-state index contributed by atoms with van der Waals surface area (Å²) in [5.41, 5.74) is 5.32. The smallest absolute Gasteiger partial charge is 0.169 e. The standard InChI is InChI=1S/C25H33NO5/c1-6-28-20-11-15-10-18-23-17(19(27)14-26(18)5)13-22(30-8-3)25(31-9-4)24(23)16(15)12-21(20)29-7-2/h11-13,18-19,27H,6-10,14H2,1-5H3. The zero-order chi connectivity index (χ0) is 22.1. The van der Waals surface area contributed by atoms with Gasteiger partial charge < -0.3 is 24.1 Å². The van der Waals surface area contributed by atoms with Crippen LogP contribution >= 0.6 is 0 Å². The van der Waals surface area contributed by atoms with Crippen molar-refractivity contribution in [2.75, 3.05) is 40.0 Å². The molecule has 0 bridgehead atoms. The van der Waals surface area contributed by atoms with Crippen molar-refractivity contribution in [3.05, 3.63) is 34.9 Å². The van der Waals surface area contributed by atoms with Gasteiger partial charge in [-0.25, -0.2) is 0 Å². The first-order valence-corrected chi connectivity index (χ1v) is 11.3. The second-order valence-electron chi connectivity index (χ2n) is 7.95. The number of fused-ring (bicyclic) bond motifs is 2. The number of rotatable bonds is 8. The van der Waals surface area contributed by atoms with E-state index in [1.807, 2.05) is 33.8 Å². The molecule has 1 N–H and O–H groups in total. The summed E-state index contributed by atoms with van der Waals surface area (Å²) in [5.74, 6) is 2.91. The molecule has 1 heterocycles. The van der Waals surface area contributed by atoms with Crippen molar-refractivity contribution < 1.29 is 24.1 Å². The van der Waals surface area contributed by atoms with Gasteiger partial charge in [0, 0.05) is 18.2 Å². The zero-order valence-corrected chi connectivity index (χ0v) is 19.2. The Labute approximate surface area is 184 Å². The van der Waals surface area contributed by atoms with E-state index in [1.165, 1.54) is 5.56 Å². The predicted molar refractivity (Wildman–Crippen MR) is 121 cm³/mol. The highest BCUT2D eigenvalue weighted by Gasteiger charge is 2.40. The molecule has 0 saturated carbocycles. The molecule has 2 aromatic carbocycles. The van der Waals surface area contributed by atoms with Crippen LogP contribution in [0.2, 0.25) is 0 Å². The Hall–Kier alpha value is -2.44. The first kappa shape index (κ1) is 21.8. The maximum Gasteiger partial charge on any atom is 0.169 e. The first-order chi connectivity index (χ1) is 15.0. The fraction of sp³-hybridized carbons (Fsp3) is 0.520. The van der Waals surface area contributed by atoms with Gasteiger partial charge in [-0.05, 0) is 81.6 Å². The molecule has 2 aliphatic rings. The van der Waals surface area contributed by atoms with E-state index in [0.717, 1.165) is 45.9 Å². The lowest BCUT2D eigenvalue weighted by Crippen LogP contribution is -2.38. The van der Waals surface area contributed by atoms with Gasteiger partial charge in [0.05, 0.1) is 32.5 Å². The van der Waals surface area contributed by atoms with Gasteiger partial charge in [-0.1, -0.05) is 0 Å². The fourth-order valence-corrected chi connectivity index (χ4v) is 4.85. The Morgan fingerprint density at radius 3 is 2.13 bits per heavy atom. The summed E-state index contributed by atoms with van der Waals surface area (Å²) in [6.45, 7) is 10.7. The van der Waals surface area contributed by atoms with Crippen LogP contribution in [0.4, 0.5) is 0 Å². The zero-order valence-electron chi connectivity index (χ0n) is 19.2. The number of benzene rings is 2. The molecule has 0 fully saturated rings. The van der Waals surface area contributed by atoms with Crippen LogP contribution in [0.25, 0.3) is 11.1 Å². The van der Waals surface area contributed by atoms with Gasteiger partial charge >= 0.3 is 0 Å². The molecule has 2 atom stereocenters. The van der Waals surface area contributed by atoms with Crippen molar-refractivity contribution in [1.82, 2.24) is 4.90 Å². The van der Waals surface area contributed by atoms with Crippen LogP contribution in [0.3, 0.4) is 0 Å². The summed E-state index contributed by atoms with van der Waals surface area (Å²) in [5, 5.41) is 10.9. The van der Waals surface area contributed by atoms with Crippen LogP contribution in [0.1, 0.15) is 56.5 Å². The molecule has 1 aliphatic carbocycles. The number of aliphatic hydroxyl groups is 1. The van der Waals surface area contributed by atoms with E-state index in [9.17, 15) is 5.11 Å². The van der Waals surface area contributed by atoms with Gasteiger partial charge in [-0.15, -0.1) is 0 Å². The van der Waals surface area contributed by atoms with Crippen molar-refractivity contribution in [3.63, 3.8) is 0 Å². The minimum Gasteiger partial charge on any atom is -0.490 e. The topological polar surface area (TPSA) is 60.4 Å². The molecular formula is C25H33NO5. The fourth-order valence-electron chi connectivity index (χ4n) is 4.85. The number of hydrogen-bond acceptors (Lipinski definition) is 6. The number of nitrogens with zero attached hydrogens (tertiary/aromatic N) is 1. The molecule has 2 unspecified atom stereocenters. The van der Waals surface area contributed by atoms with Crippen molar-refractivity contribution in [2.24, 2.45) is 0 Å². The minimum atomic E-state index is -0.569. The Balaban J connectivity index is 2.03. The monoisotopic (exact) mass is 427 g/mol. The molecule has 2 aromatic rings. The molecular weight excluding hydrogens is 394 g/mol. The maximum atomic E-state index is 10.9. The van der Waals surface area contributed by atoms with E-state index in [0.29, 0.717) is 38.7 Å². The van der Waals surface area contributed by atoms with Crippen molar-refractivity contribution in [1.29, 1.82) is 0 Å². The lowest BCUT2D eigenvalue weighted by Gasteiger charge is -2.42. The third kappa shape index (κ3) is 3.72. The Morgan fingerprint density at radius 2 is 1.48 bits per heavy atom. The largest absolute Gasteiger partial charge is 0.490 e. The van der Waals surface area contributed by atoms with Gasteiger partial charge in [-0.2, -0.15) is 0 Å².